The van der Waals surface area contributed by atoms with Gasteiger partial charge in [0, 0.05) is 3.92 Å². The third-order valence-electron chi connectivity index (χ3n) is 2.99. The van der Waals surface area contributed by atoms with Crippen molar-refractivity contribution in [1.82, 2.24) is 0 Å². The third-order valence-corrected chi connectivity index (χ3v) is 4.13. The van der Waals surface area contributed by atoms with E-state index in [1.54, 1.807) is 5.57 Å². The van der Waals surface area contributed by atoms with Crippen molar-refractivity contribution in [2.45, 2.75) is 49.4 Å². The second-order valence-electron chi connectivity index (χ2n) is 4.16. The quantitative estimate of drug-likeness (QED) is 0.385. The van der Waals surface area contributed by atoms with E-state index in [0.717, 1.165) is 9.84 Å². The van der Waals surface area contributed by atoms with Crippen LogP contribution < -0.4 is 0 Å². The van der Waals surface area contributed by atoms with Gasteiger partial charge in [-0.15, -0.1) is 6.58 Å². The highest BCUT2D eigenvalue weighted by Gasteiger charge is 2.17. The van der Waals surface area contributed by atoms with Gasteiger partial charge in [0.25, 0.3) is 0 Å². The molecule has 0 aliphatic heterocycles. The second kappa shape index (κ2) is 6.65. The van der Waals surface area contributed by atoms with Crippen molar-refractivity contribution in [3.63, 3.8) is 0 Å². The molecule has 1 heteroatoms. The van der Waals surface area contributed by atoms with Gasteiger partial charge in [0.1, 0.15) is 0 Å². The average molecular weight is 304 g/mol. The molecule has 0 N–H and O–H groups in total. The molecule has 0 bridgehead atoms. The van der Waals surface area contributed by atoms with E-state index in [9.17, 15) is 0 Å². The molecular formula is C13H21I. The molecule has 0 saturated heterocycles. The lowest BCUT2D eigenvalue weighted by atomic mass is 9.84. The Morgan fingerprint density at radius 2 is 2.50 bits per heavy atom. The monoisotopic (exact) mass is 304 g/mol. The van der Waals surface area contributed by atoms with E-state index in [1.807, 2.05) is 0 Å². The zero-order valence-corrected chi connectivity index (χ0v) is 11.3. The van der Waals surface area contributed by atoms with E-state index >= 15 is 0 Å². The van der Waals surface area contributed by atoms with Gasteiger partial charge < -0.3 is 0 Å². The first kappa shape index (κ1) is 12.3. The molecule has 1 aliphatic carbocycles. The number of allylic oxidation sites excluding steroid dienone is 3. The Hall–Kier alpha value is 0.210. The first-order valence-electron chi connectivity index (χ1n) is 5.71. The van der Waals surface area contributed by atoms with Crippen molar-refractivity contribution in [3.05, 3.63) is 24.3 Å². The molecule has 0 amide bonds. The SMILES string of the molecule is C=CC[C@H](CCC)C1=CCC(I)CC1. The van der Waals surface area contributed by atoms with Crippen molar-refractivity contribution in [2.75, 3.05) is 0 Å². The van der Waals surface area contributed by atoms with Crippen LogP contribution in [0.4, 0.5) is 0 Å². The Morgan fingerprint density at radius 3 is 3.00 bits per heavy atom. The molecule has 0 aromatic carbocycles. The summed E-state index contributed by atoms with van der Waals surface area (Å²) in [6, 6.07) is 0. The minimum absolute atomic E-state index is 0.793. The lowest BCUT2D eigenvalue weighted by Gasteiger charge is -2.24. The van der Waals surface area contributed by atoms with Gasteiger partial charge in [0.2, 0.25) is 0 Å². The highest BCUT2D eigenvalue weighted by atomic mass is 127. The molecule has 0 spiro atoms. The standard InChI is InChI=1S/C13H21I/c1-3-5-11(6-4-2)12-7-9-13(14)10-8-12/h3,7,11,13H,1,4-6,8-10H2,2H3/t11-,13?/m1/s1. The average Bonchev–Trinajstić information content (AvgIpc) is 2.19. The minimum Gasteiger partial charge on any atom is -0.103 e. The van der Waals surface area contributed by atoms with E-state index in [1.165, 1.54) is 38.5 Å². The first-order chi connectivity index (χ1) is 6.77. The van der Waals surface area contributed by atoms with Gasteiger partial charge >= 0.3 is 0 Å². The maximum Gasteiger partial charge on any atom is 0.0147 e. The van der Waals surface area contributed by atoms with E-state index in [2.05, 4.69) is 48.2 Å². The summed E-state index contributed by atoms with van der Waals surface area (Å²) in [7, 11) is 0. The fourth-order valence-corrected chi connectivity index (χ4v) is 2.76. The van der Waals surface area contributed by atoms with Gasteiger partial charge in [-0.25, -0.2) is 0 Å². The minimum atomic E-state index is 0.793. The van der Waals surface area contributed by atoms with Crippen molar-refractivity contribution in [2.24, 2.45) is 5.92 Å². The van der Waals surface area contributed by atoms with Crippen LogP contribution in [0.3, 0.4) is 0 Å². The number of hydrogen-bond acceptors (Lipinski definition) is 0. The molecule has 80 valence electrons. The Balaban J connectivity index is 2.53. The van der Waals surface area contributed by atoms with Crippen LogP contribution in [0.15, 0.2) is 24.3 Å². The Morgan fingerprint density at radius 1 is 1.71 bits per heavy atom. The maximum absolute atomic E-state index is 3.86. The normalized spacial score (nSPS) is 24.1. The zero-order valence-electron chi connectivity index (χ0n) is 9.14. The number of halogens is 1. The molecule has 0 aromatic heterocycles. The smallest absolute Gasteiger partial charge is 0.0147 e. The van der Waals surface area contributed by atoms with Crippen LogP contribution in [0.25, 0.3) is 0 Å². The summed E-state index contributed by atoms with van der Waals surface area (Å²) in [4.78, 5) is 0. The fraction of sp³-hybridized carbons (Fsp3) is 0.692. The molecule has 1 aliphatic rings. The van der Waals surface area contributed by atoms with E-state index < -0.39 is 0 Å². The van der Waals surface area contributed by atoms with Gasteiger partial charge in [-0.3, -0.25) is 0 Å². The topological polar surface area (TPSA) is 0 Å². The lowest BCUT2D eigenvalue weighted by Crippen LogP contribution is -2.11. The zero-order chi connectivity index (χ0) is 10.4. The molecule has 1 unspecified atom stereocenters. The molecule has 0 heterocycles. The molecule has 0 aromatic rings. The molecule has 2 atom stereocenters. The summed E-state index contributed by atoms with van der Waals surface area (Å²) < 4.78 is 0.877. The molecule has 0 nitrogen and oxygen atoms in total. The molecule has 1 rings (SSSR count). The number of hydrogen-bond donors (Lipinski definition) is 0. The van der Waals surface area contributed by atoms with Gasteiger partial charge in [0.05, 0.1) is 0 Å². The van der Waals surface area contributed by atoms with E-state index in [4.69, 9.17) is 0 Å². The van der Waals surface area contributed by atoms with Crippen molar-refractivity contribution in [1.29, 1.82) is 0 Å². The summed E-state index contributed by atoms with van der Waals surface area (Å²) >= 11 is 2.57. The summed E-state index contributed by atoms with van der Waals surface area (Å²) in [6.07, 6.45) is 12.4. The molecular weight excluding hydrogens is 283 g/mol. The Labute approximate surface area is 102 Å². The van der Waals surface area contributed by atoms with Gasteiger partial charge in [0.15, 0.2) is 0 Å². The van der Waals surface area contributed by atoms with Gasteiger partial charge in [-0.2, -0.15) is 0 Å². The second-order valence-corrected chi connectivity index (χ2v) is 5.92. The highest BCUT2D eigenvalue weighted by Crippen LogP contribution is 2.32. The summed E-state index contributed by atoms with van der Waals surface area (Å²) in [5.41, 5.74) is 1.71. The lowest BCUT2D eigenvalue weighted by molar-refractivity contribution is 0.518. The van der Waals surface area contributed by atoms with Crippen LogP contribution in [0.1, 0.15) is 45.4 Å². The summed E-state index contributed by atoms with van der Waals surface area (Å²) in [6.45, 7) is 6.14. The van der Waals surface area contributed by atoms with E-state index in [-0.39, 0.29) is 0 Å². The van der Waals surface area contributed by atoms with Crippen LogP contribution in [-0.2, 0) is 0 Å². The Kier molecular flexibility index (Phi) is 5.83. The van der Waals surface area contributed by atoms with Crippen molar-refractivity contribution < 1.29 is 0 Å². The number of alkyl halides is 1. The molecule has 14 heavy (non-hydrogen) atoms. The third kappa shape index (κ3) is 3.76. The Bertz CT molecular complexity index is 205. The fourth-order valence-electron chi connectivity index (χ4n) is 2.20. The highest BCUT2D eigenvalue weighted by molar-refractivity contribution is 14.1. The van der Waals surface area contributed by atoms with Crippen LogP contribution in [-0.4, -0.2) is 3.92 Å². The van der Waals surface area contributed by atoms with Gasteiger partial charge in [-0.05, 0) is 38.0 Å². The van der Waals surface area contributed by atoms with Gasteiger partial charge in [-0.1, -0.05) is 53.7 Å². The van der Waals surface area contributed by atoms with E-state index in [0.29, 0.717) is 0 Å². The van der Waals surface area contributed by atoms with Crippen LogP contribution >= 0.6 is 22.6 Å². The predicted molar refractivity (Wildman–Crippen MR) is 73.0 cm³/mol. The van der Waals surface area contributed by atoms with Crippen LogP contribution in [0, 0.1) is 5.92 Å². The van der Waals surface area contributed by atoms with Crippen molar-refractivity contribution in [3.8, 4) is 0 Å². The largest absolute Gasteiger partial charge is 0.103 e. The predicted octanol–water partition coefficient (Wildman–Crippen LogP) is 4.89. The molecule has 0 radical (unpaired) electrons. The summed E-state index contributed by atoms with van der Waals surface area (Å²) in [5, 5.41) is 0. The van der Waals surface area contributed by atoms with Crippen molar-refractivity contribution >= 4 is 22.6 Å². The molecule has 0 saturated carbocycles. The maximum atomic E-state index is 3.86. The van der Waals surface area contributed by atoms with Crippen LogP contribution in [0.2, 0.25) is 0 Å². The first-order valence-corrected chi connectivity index (χ1v) is 6.96. The van der Waals surface area contributed by atoms with Crippen LogP contribution in [0.5, 0.6) is 0 Å². The molecule has 0 fully saturated rings. The summed E-state index contributed by atoms with van der Waals surface area (Å²) in [5.74, 6) is 0.793. The number of rotatable bonds is 5.